The first-order valence-electron chi connectivity index (χ1n) is 11.4. The molecule has 0 aliphatic carbocycles. The maximum Gasteiger partial charge on any atom is 0.360 e. The van der Waals surface area contributed by atoms with E-state index in [0.717, 1.165) is 21.9 Å². The van der Waals surface area contributed by atoms with Crippen molar-refractivity contribution < 1.29 is 19.1 Å². The Kier molecular flexibility index (Phi) is 8.04. The van der Waals surface area contributed by atoms with Crippen LogP contribution in [0, 0.1) is 0 Å². The van der Waals surface area contributed by atoms with Gasteiger partial charge in [0.1, 0.15) is 5.75 Å². The molecule has 0 radical (unpaired) electrons. The zero-order valence-corrected chi connectivity index (χ0v) is 20.8. The zero-order valence-electron chi connectivity index (χ0n) is 20.0. The van der Waals surface area contributed by atoms with Crippen molar-refractivity contribution in [2.75, 3.05) is 31.8 Å². The number of thioether (sulfide) groups is 1. The van der Waals surface area contributed by atoms with Crippen LogP contribution >= 0.6 is 11.8 Å². The average molecular weight is 496 g/mol. The normalized spacial score (nSPS) is 17.8. The summed E-state index contributed by atoms with van der Waals surface area (Å²) in [5, 5.41) is 11.1. The molecule has 10 heteroatoms. The second-order valence-corrected chi connectivity index (χ2v) is 9.05. The Morgan fingerprint density at radius 1 is 1.20 bits per heavy atom. The van der Waals surface area contributed by atoms with E-state index in [1.807, 2.05) is 61.7 Å². The molecule has 0 spiro atoms. The van der Waals surface area contributed by atoms with E-state index in [4.69, 9.17) is 9.47 Å². The average Bonchev–Trinajstić information content (AvgIpc) is 3.53. The minimum atomic E-state index is -0.542. The molecular formula is C25H29N5O4S. The highest BCUT2D eigenvalue weighted by atomic mass is 32.2. The quantitative estimate of drug-likeness (QED) is 0.355. The summed E-state index contributed by atoms with van der Waals surface area (Å²) in [5.41, 5.74) is 1.90. The Hall–Kier alpha value is -3.37. The highest BCUT2D eigenvalue weighted by Crippen LogP contribution is 2.32. The number of esters is 1. The van der Waals surface area contributed by atoms with Gasteiger partial charge in [-0.1, -0.05) is 29.5 Å². The van der Waals surface area contributed by atoms with E-state index in [-0.39, 0.29) is 17.6 Å². The molecule has 0 saturated carbocycles. The van der Waals surface area contributed by atoms with Crippen molar-refractivity contribution in [3.8, 4) is 5.75 Å². The van der Waals surface area contributed by atoms with Crippen LogP contribution in [0.3, 0.4) is 0 Å². The lowest BCUT2D eigenvalue weighted by atomic mass is 10.1. The van der Waals surface area contributed by atoms with Gasteiger partial charge in [0.25, 0.3) is 0 Å². The number of methoxy groups -OCH3 is 1. The third-order valence-corrected chi connectivity index (χ3v) is 6.67. The number of para-hydroxylation sites is 1. The van der Waals surface area contributed by atoms with Crippen molar-refractivity contribution in [3.63, 3.8) is 0 Å². The van der Waals surface area contributed by atoms with Gasteiger partial charge in [-0.3, -0.25) is 9.69 Å². The molecule has 1 aliphatic rings. The standard InChI is InChI=1S/C25H29N5O4S/c1-4-34-23-11-6-5-8-17(23)14-29-15-19(30-16-21(27-28-30)25(32)33-2)13-22(29)24(31)26-18-9-7-10-20(12-18)35-3/h5-12,16,19,22H,4,13-15H2,1-3H3,(H,26,31)/t19-,22-/m0/s1. The van der Waals surface area contributed by atoms with Crippen molar-refractivity contribution >= 4 is 29.3 Å². The first-order chi connectivity index (χ1) is 17.0. The number of aromatic nitrogens is 3. The summed E-state index contributed by atoms with van der Waals surface area (Å²) in [7, 11) is 1.31. The van der Waals surface area contributed by atoms with Crippen LogP contribution < -0.4 is 10.1 Å². The largest absolute Gasteiger partial charge is 0.494 e. The van der Waals surface area contributed by atoms with Crippen LogP contribution in [0.1, 0.15) is 35.4 Å². The maximum atomic E-state index is 13.5. The van der Waals surface area contributed by atoms with Crippen LogP contribution in [0.25, 0.3) is 0 Å². The summed E-state index contributed by atoms with van der Waals surface area (Å²) in [6.45, 7) is 3.61. The third kappa shape index (κ3) is 5.83. The second-order valence-electron chi connectivity index (χ2n) is 8.17. The van der Waals surface area contributed by atoms with Gasteiger partial charge in [0.05, 0.1) is 32.0 Å². The van der Waals surface area contributed by atoms with Crippen LogP contribution in [-0.4, -0.2) is 64.3 Å². The van der Waals surface area contributed by atoms with Crippen molar-refractivity contribution in [2.45, 2.75) is 36.9 Å². The van der Waals surface area contributed by atoms with E-state index in [1.165, 1.54) is 7.11 Å². The van der Waals surface area contributed by atoms with Gasteiger partial charge in [-0.25, -0.2) is 9.48 Å². The molecule has 4 rings (SSSR count). The number of carbonyl (C=O) groups is 2. The molecule has 3 aromatic rings. The van der Waals surface area contributed by atoms with Crippen LogP contribution in [0.4, 0.5) is 5.69 Å². The van der Waals surface area contributed by atoms with E-state index in [0.29, 0.717) is 26.1 Å². The van der Waals surface area contributed by atoms with E-state index in [9.17, 15) is 9.59 Å². The molecule has 35 heavy (non-hydrogen) atoms. The summed E-state index contributed by atoms with van der Waals surface area (Å²) in [5.74, 6) is 0.173. The summed E-state index contributed by atoms with van der Waals surface area (Å²) < 4.78 is 12.2. The highest BCUT2D eigenvalue weighted by molar-refractivity contribution is 7.98. The molecule has 2 heterocycles. The van der Waals surface area contributed by atoms with E-state index in [1.54, 1.807) is 22.6 Å². The Morgan fingerprint density at radius 2 is 2.03 bits per heavy atom. The number of benzene rings is 2. The number of likely N-dealkylation sites (tertiary alicyclic amines) is 1. The van der Waals surface area contributed by atoms with Gasteiger partial charge in [0, 0.05) is 29.2 Å². The predicted molar refractivity (Wildman–Crippen MR) is 134 cm³/mol. The number of ether oxygens (including phenoxy) is 2. The molecule has 0 bridgehead atoms. The van der Waals surface area contributed by atoms with Crippen molar-refractivity contribution in [1.82, 2.24) is 19.9 Å². The molecule has 1 N–H and O–H groups in total. The molecule has 0 unspecified atom stereocenters. The monoisotopic (exact) mass is 495 g/mol. The fourth-order valence-corrected chi connectivity index (χ4v) is 4.71. The molecule has 2 atom stereocenters. The molecule has 184 valence electrons. The van der Waals surface area contributed by atoms with Gasteiger partial charge in [-0.15, -0.1) is 16.9 Å². The molecule has 1 saturated heterocycles. The molecule has 9 nitrogen and oxygen atoms in total. The Labute approximate surface area is 208 Å². The fourth-order valence-electron chi connectivity index (χ4n) is 4.25. The Balaban J connectivity index is 1.58. The summed E-state index contributed by atoms with van der Waals surface area (Å²) in [6.07, 6.45) is 4.10. The number of amides is 1. The molecule has 1 aromatic heterocycles. The maximum absolute atomic E-state index is 13.5. The number of nitrogens with one attached hydrogen (secondary N) is 1. The molecular weight excluding hydrogens is 466 g/mol. The number of hydrogen-bond donors (Lipinski definition) is 1. The van der Waals surface area contributed by atoms with Crippen molar-refractivity contribution in [3.05, 3.63) is 66.0 Å². The van der Waals surface area contributed by atoms with Crippen LogP contribution in [0.15, 0.2) is 59.6 Å². The van der Waals surface area contributed by atoms with Gasteiger partial charge in [0.15, 0.2) is 5.69 Å². The topological polar surface area (TPSA) is 98.6 Å². The van der Waals surface area contributed by atoms with Crippen LogP contribution in [-0.2, 0) is 16.1 Å². The van der Waals surface area contributed by atoms with Gasteiger partial charge < -0.3 is 14.8 Å². The summed E-state index contributed by atoms with van der Waals surface area (Å²) in [6, 6.07) is 15.1. The Bertz CT molecular complexity index is 1180. The molecule has 2 aromatic carbocycles. The summed E-state index contributed by atoms with van der Waals surface area (Å²) >= 11 is 1.62. The third-order valence-electron chi connectivity index (χ3n) is 5.95. The van der Waals surface area contributed by atoms with Gasteiger partial charge >= 0.3 is 5.97 Å². The van der Waals surface area contributed by atoms with Crippen LogP contribution in [0.5, 0.6) is 5.75 Å². The lowest BCUT2D eigenvalue weighted by molar-refractivity contribution is -0.120. The van der Waals surface area contributed by atoms with Crippen molar-refractivity contribution in [2.24, 2.45) is 0 Å². The number of nitrogens with zero attached hydrogens (tertiary/aromatic N) is 4. The number of carbonyl (C=O) groups excluding carboxylic acids is 2. The molecule has 1 fully saturated rings. The van der Waals surface area contributed by atoms with Gasteiger partial charge in [-0.2, -0.15) is 0 Å². The smallest absolute Gasteiger partial charge is 0.360 e. The Morgan fingerprint density at radius 3 is 2.80 bits per heavy atom. The fraction of sp³-hybridized carbons (Fsp3) is 0.360. The first-order valence-corrected chi connectivity index (χ1v) is 12.6. The van der Waals surface area contributed by atoms with Gasteiger partial charge in [0.2, 0.25) is 5.91 Å². The van der Waals surface area contributed by atoms with E-state index >= 15 is 0 Å². The number of hydrogen-bond acceptors (Lipinski definition) is 8. The van der Waals surface area contributed by atoms with Gasteiger partial charge in [-0.05, 0) is 43.9 Å². The summed E-state index contributed by atoms with van der Waals surface area (Å²) in [4.78, 5) is 28.5. The predicted octanol–water partition coefficient (Wildman–Crippen LogP) is 3.64. The highest BCUT2D eigenvalue weighted by Gasteiger charge is 2.38. The lowest BCUT2D eigenvalue weighted by Gasteiger charge is -2.24. The minimum absolute atomic E-state index is 0.0899. The number of rotatable bonds is 9. The van der Waals surface area contributed by atoms with Crippen molar-refractivity contribution in [1.29, 1.82) is 0 Å². The number of anilines is 1. The van der Waals surface area contributed by atoms with E-state index < -0.39 is 12.0 Å². The lowest BCUT2D eigenvalue weighted by Crippen LogP contribution is -2.39. The SMILES string of the molecule is CCOc1ccccc1CN1C[C@@H](n2cc(C(=O)OC)nn2)C[C@H]1C(=O)Nc1cccc(SC)c1. The molecule has 1 amide bonds. The zero-order chi connectivity index (χ0) is 24.8. The molecule has 1 aliphatic heterocycles. The minimum Gasteiger partial charge on any atom is -0.494 e. The van der Waals surface area contributed by atoms with Crippen LogP contribution in [0.2, 0.25) is 0 Å². The second kappa shape index (κ2) is 11.4. The first kappa shape index (κ1) is 24.7. The van der Waals surface area contributed by atoms with E-state index in [2.05, 4.69) is 20.5 Å².